The molecule has 242 valence electrons. The molecular weight excluding hydrogens is 569 g/mol. The molecule has 0 aromatic carbocycles. The predicted molar refractivity (Wildman–Crippen MR) is 174 cm³/mol. The van der Waals surface area contributed by atoms with Crippen LogP contribution >= 0.6 is 0 Å². The van der Waals surface area contributed by atoms with E-state index in [4.69, 9.17) is 0 Å². The Morgan fingerprint density at radius 1 is 0.690 bits per heavy atom. The number of carbonyl (C=O) groups is 2. The van der Waals surface area contributed by atoms with E-state index < -0.39 is 30.2 Å². The van der Waals surface area contributed by atoms with Crippen LogP contribution in [0.5, 0.6) is 0 Å². The molecule has 0 aromatic heterocycles. The molecule has 8 heteroatoms. The number of sulfone groups is 2. The lowest BCUT2D eigenvalue weighted by Crippen LogP contribution is -2.40. The molecule has 0 aliphatic heterocycles. The third kappa shape index (κ3) is 9.12. The van der Waals surface area contributed by atoms with Gasteiger partial charge in [-0.25, -0.2) is 16.8 Å². The summed E-state index contributed by atoms with van der Waals surface area (Å²) >= 11 is 0. The van der Waals surface area contributed by atoms with E-state index in [9.17, 15) is 26.4 Å². The molecule has 2 aliphatic rings. The fraction of sp³-hybridized carbons (Fsp3) is 0.824. The molecule has 42 heavy (non-hydrogen) atoms. The van der Waals surface area contributed by atoms with Gasteiger partial charge >= 0.3 is 0 Å². The summed E-state index contributed by atoms with van der Waals surface area (Å²) in [6.45, 7) is 15.8. The number of Topliss-reactive ketones (excluding diaryl/α,β-unsaturated/α-hetero) is 2. The van der Waals surface area contributed by atoms with Crippen molar-refractivity contribution in [2.24, 2.45) is 34.5 Å². The van der Waals surface area contributed by atoms with Gasteiger partial charge in [-0.3, -0.25) is 9.59 Å². The molecule has 0 spiro atoms. The number of hydrogen-bond donors (Lipinski definition) is 0. The first kappa shape index (κ1) is 36.9. The number of ketones is 2. The van der Waals surface area contributed by atoms with Crippen LogP contribution in [0.25, 0.3) is 0 Å². The van der Waals surface area contributed by atoms with Crippen molar-refractivity contribution in [2.75, 3.05) is 11.5 Å². The fourth-order valence-corrected chi connectivity index (χ4v) is 10.2. The largest absolute Gasteiger partial charge is 0.299 e. The van der Waals surface area contributed by atoms with E-state index in [1.165, 1.54) is 0 Å². The molecule has 6 nitrogen and oxygen atoms in total. The average Bonchev–Trinajstić information content (AvgIpc) is 2.90. The van der Waals surface area contributed by atoms with Crippen LogP contribution in [0.15, 0.2) is 24.3 Å². The predicted octanol–water partition coefficient (Wildman–Crippen LogP) is 7.33. The molecule has 2 aliphatic carbocycles. The molecule has 0 saturated heterocycles. The highest BCUT2D eigenvalue weighted by Crippen LogP contribution is 2.45. The minimum Gasteiger partial charge on any atom is -0.299 e. The van der Waals surface area contributed by atoms with Gasteiger partial charge in [0.25, 0.3) is 0 Å². The molecule has 0 radical (unpaired) electrons. The maximum atomic E-state index is 13.2. The topological polar surface area (TPSA) is 102 Å². The highest BCUT2D eigenvalue weighted by molar-refractivity contribution is 7.92. The maximum Gasteiger partial charge on any atom is 0.153 e. The number of allylic oxidation sites excluding steroid dienone is 4. The minimum atomic E-state index is -3.42. The maximum absolute atomic E-state index is 13.2. The molecule has 8 unspecified atom stereocenters. The quantitative estimate of drug-likeness (QED) is 0.124. The normalized spacial score (nSPS) is 31.5. The molecular formula is C34H58O6S2. The van der Waals surface area contributed by atoms with Crippen molar-refractivity contribution in [2.45, 2.75) is 130 Å². The summed E-state index contributed by atoms with van der Waals surface area (Å²) in [6, 6.07) is 0. The summed E-state index contributed by atoms with van der Waals surface area (Å²) in [4.78, 5) is 26.5. The summed E-state index contributed by atoms with van der Waals surface area (Å²) in [5, 5.41) is -1.44. The Morgan fingerprint density at radius 2 is 1.02 bits per heavy atom. The zero-order chi connectivity index (χ0) is 31.9. The van der Waals surface area contributed by atoms with E-state index in [1.54, 1.807) is 13.8 Å². The Labute approximate surface area is 257 Å². The number of carbonyl (C=O) groups excluding carboxylic acids is 2. The van der Waals surface area contributed by atoms with E-state index in [2.05, 4.69) is 52.0 Å². The van der Waals surface area contributed by atoms with Gasteiger partial charge in [-0.15, -0.1) is 0 Å². The van der Waals surface area contributed by atoms with Crippen molar-refractivity contribution in [1.29, 1.82) is 0 Å². The van der Waals surface area contributed by atoms with Crippen LogP contribution in [0, 0.1) is 34.5 Å². The summed E-state index contributed by atoms with van der Waals surface area (Å²) < 4.78 is 51.9. The molecule has 0 heterocycles. The van der Waals surface area contributed by atoms with Crippen LogP contribution < -0.4 is 0 Å². The standard InChI is InChI=1S/C34H58O6S2/c1-9-33(7)19-15-17-25(3)31(33)29(35)23-27(5)41(37,38)21-13-11-12-14-22-42(39,40)28(6)24-30(36)32-26(4)18-16-20-34(32,8)10-2/h15-18,25-28,31-32H,9-14,19-24H2,1-8H3. The van der Waals surface area contributed by atoms with Gasteiger partial charge in [-0.2, -0.15) is 0 Å². The molecule has 0 bridgehead atoms. The smallest absolute Gasteiger partial charge is 0.153 e. The van der Waals surface area contributed by atoms with Crippen molar-refractivity contribution < 1.29 is 26.4 Å². The lowest BCUT2D eigenvalue weighted by molar-refractivity contribution is -0.129. The molecule has 0 amide bonds. The number of hydrogen-bond acceptors (Lipinski definition) is 6. The van der Waals surface area contributed by atoms with Crippen LogP contribution in [0.2, 0.25) is 0 Å². The fourth-order valence-electron chi connectivity index (χ4n) is 7.38. The minimum absolute atomic E-state index is 0.00842. The summed E-state index contributed by atoms with van der Waals surface area (Å²) in [5.74, 6) is -0.0195. The second-order valence-electron chi connectivity index (χ2n) is 14.1. The van der Waals surface area contributed by atoms with Gasteiger partial charge in [0.15, 0.2) is 19.7 Å². The van der Waals surface area contributed by atoms with Gasteiger partial charge in [-0.05, 0) is 75.0 Å². The summed E-state index contributed by atoms with van der Waals surface area (Å²) in [5.41, 5.74) is -0.275. The van der Waals surface area contributed by atoms with Crippen LogP contribution in [-0.4, -0.2) is 50.4 Å². The zero-order valence-corrected chi connectivity index (χ0v) is 29.2. The Hall–Kier alpha value is -1.28. The molecule has 2 rings (SSSR count). The molecule has 0 saturated carbocycles. The number of rotatable bonds is 17. The van der Waals surface area contributed by atoms with Gasteiger partial charge in [0, 0.05) is 24.7 Å². The number of unbranched alkanes of at least 4 members (excludes halogenated alkanes) is 3. The van der Waals surface area contributed by atoms with Gasteiger partial charge < -0.3 is 0 Å². The van der Waals surface area contributed by atoms with E-state index in [1.807, 2.05) is 13.8 Å². The van der Waals surface area contributed by atoms with Gasteiger partial charge in [0.2, 0.25) is 0 Å². The van der Waals surface area contributed by atoms with Crippen LogP contribution in [-0.2, 0) is 29.3 Å². The second-order valence-corrected chi connectivity index (χ2v) is 19.1. The first-order valence-electron chi connectivity index (χ1n) is 16.3. The molecule has 8 atom stereocenters. The van der Waals surface area contributed by atoms with E-state index in [0.717, 1.165) is 25.7 Å². The van der Waals surface area contributed by atoms with E-state index in [0.29, 0.717) is 25.7 Å². The Balaban J connectivity index is 1.80. The molecule has 0 fully saturated rings. The van der Waals surface area contributed by atoms with Crippen molar-refractivity contribution >= 4 is 31.2 Å². The van der Waals surface area contributed by atoms with E-state index in [-0.39, 0.29) is 70.4 Å². The summed E-state index contributed by atoms with van der Waals surface area (Å²) in [6.07, 6.45) is 14.1. The van der Waals surface area contributed by atoms with E-state index >= 15 is 0 Å². The Morgan fingerprint density at radius 3 is 1.33 bits per heavy atom. The lowest BCUT2D eigenvalue weighted by atomic mass is 9.62. The van der Waals surface area contributed by atoms with Gasteiger partial charge in [0.1, 0.15) is 11.6 Å². The summed E-state index contributed by atoms with van der Waals surface area (Å²) in [7, 11) is -6.85. The zero-order valence-electron chi connectivity index (χ0n) is 27.5. The molecule has 0 aromatic rings. The van der Waals surface area contributed by atoms with Crippen LogP contribution in [0.4, 0.5) is 0 Å². The monoisotopic (exact) mass is 626 g/mol. The Kier molecular flexibility index (Phi) is 13.3. The third-order valence-corrected chi connectivity index (χ3v) is 15.2. The van der Waals surface area contributed by atoms with Gasteiger partial charge in [-0.1, -0.05) is 78.7 Å². The highest BCUT2D eigenvalue weighted by Gasteiger charge is 2.43. The van der Waals surface area contributed by atoms with Crippen molar-refractivity contribution in [3.8, 4) is 0 Å². The van der Waals surface area contributed by atoms with Gasteiger partial charge in [0.05, 0.1) is 22.0 Å². The average molecular weight is 627 g/mol. The Bertz CT molecular complexity index is 1110. The highest BCUT2D eigenvalue weighted by atomic mass is 32.2. The van der Waals surface area contributed by atoms with Crippen molar-refractivity contribution in [3.63, 3.8) is 0 Å². The molecule has 0 N–H and O–H groups in total. The lowest BCUT2D eigenvalue weighted by Gasteiger charge is -2.41. The van der Waals surface area contributed by atoms with Crippen molar-refractivity contribution in [3.05, 3.63) is 24.3 Å². The first-order chi connectivity index (χ1) is 19.4. The van der Waals surface area contributed by atoms with Crippen LogP contribution in [0.3, 0.4) is 0 Å². The second kappa shape index (κ2) is 15.1. The SMILES string of the molecule is CCC1(C)CC=CC(C)C1C(=O)CC(C)S(=O)(=O)CCCCCCS(=O)(=O)C(C)CC(=O)C1C(C)C=CCC1(C)CC. The van der Waals surface area contributed by atoms with Crippen LogP contribution in [0.1, 0.15) is 120 Å². The third-order valence-electron chi connectivity index (χ3n) is 10.7. The van der Waals surface area contributed by atoms with Crippen molar-refractivity contribution in [1.82, 2.24) is 0 Å². The first-order valence-corrected chi connectivity index (χ1v) is 19.7.